The zero-order valence-electron chi connectivity index (χ0n) is 12.3. The highest BCUT2D eigenvalue weighted by Crippen LogP contribution is 2.17. The number of aryl methyl sites for hydroxylation is 1. The topological polar surface area (TPSA) is 67.2 Å². The van der Waals surface area contributed by atoms with Gasteiger partial charge in [0, 0.05) is 43.4 Å². The average molecular weight is 365 g/mol. The van der Waals surface area contributed by atoms with Gasteiger partial charge in [-0.25, -0.2) is 9.67 Å². The van der Waals surface area contributed by atoms with Crippen molar-refractivity contribution in [2.24, 2.45) is 0 Å². The molecule has 116 valence electrons. The fraction of sp³-hybridized carbons (Fsp3) is 0.429. The minimum atomic E-state index is -0.00438. The fourth-order valence-electron chi connectivity index (χ4n) is 2.51. The summed E-state index contributed by atoms with van der Waals surface area (Å²) in [6.45, 7) is 5.48. The molecule has 0 radical (unpaired) electrons. The number of halogens is 1. The maximum Gasteiger partial charge on any atom is 0.273 e. The van der Waals surface area contributed by atoms with Gasteiger partial charge in [0.05, 0.1) is 6.20 Å². The van der Waals surface area contributed by atoms with E-state index in [1.165, 1.54) is 6.20 Å². The van der Waals surface area contributed by atoms with Gasteiger partial charge in [-0.2, -0.15) is 0 Å². The van der Waals surface area contributed by atoms with E-state index >= 15 is 0 Å². The third kappa shape index (κ3) is 2.96. The number of hydrogen-bond acceptors (Lipinski definition) is 5. The van der Waals surface area contributed by atoms with Gasteiger partial charge < -0.3 is 9.80 Å². The minimum Gasteiger partial charge on any atom is -0.353 e. The van der Waals surface area contributed by atoms with Gasteiger partial charge in [0.2, 0.25) is 0 Å². The van der Waals surface area contributed by atoms with E-state index in [4.69, 9.17) is 0 Å². The highest BCUT2D eigenvalue weighted by molar-refractivity contribution is 9.10. The van der Waals surface area contributed by atoms with Crippen molar-refractivity contribution in [2.45, 2.75) is 13.5 Å². The van der Waals surface area contributed by atoms with E-state index in [1.807, 2.05) is 24.0 Å². The molecule has 0 aromatic carbocycles. The normalized spacial score (nSPS) is 15.2. The van der Waals surface area contributed by atoms with E-state index in [0.29, 0.717) is 25.3 Å². The first-order valence-electron chi connectivity index (χ1n) is 7.23. The van der Waals surface area contributed by atoms with Crippen molar-refractivity contribution in [3.63, 3.8) is 0 Å². The lowest BCUT2D eigenvalue weighted by molar-refractivity contribution is 0.0734. The van der Waals surface area contributed by atoms with Crippen LogP contribution >= 0.6 is 15.9 Å². The van der Waals surface area contributed by atoms with Gasteiger partial charge in [0.25, 0.3) is 5.91 Å². The average Bonchev–Trinajstić information content (AvgIpc) is 3.04. The lowest BCUT2D eigenvalue weighted by Gasteiger charge is -2.35. The molecule has 2 aromatic heterocycles. The van der Waals surface area contributed by atoms with E-state index < -0.39 is 0 Å². The van der Waals surface area contributed by atoms with Gasteiger partial charge in [0.15, 0.2) is 0 Å². The van der Waals surface area contributed by atoms with Crippen molar-refractivity contribution in [1.82, 2.24) is 24.9 Å². The molecule has 1 aliphatic rings. The predicted octanol–water partition coefficient (Wildman–Crippen LogP) is 1.42. The largest absolute Gasteiger partial charge is 0.353 e. The standard InChI is InChI=1S/C14H17BrN6O/c1-2-21-12(10-17-18-21)14(22)20-7-5-19(6-8-20)13-4-3-11(15)9-16-13/h3-4,9-10H,2,5-8H2,1H3. The van der Waals surface area contributed by atoms with Crippen LogP contribution in [0.25, 0.3) is 0 Å². The van der Waals surface area contributed by atoms with Crippen LogP contribution in [0.1, 0.15) is 17.4 Å². The van der Waals surface area contributed by atoms with Gasteiger partial charge in [-0.1, -0.05) is 5.21 Å². The van der Waals surface area contributed by atoms with Crippen molar-refractivity contribution in [1.29, 1.82) is 0 Å². The lowest BCUT2D eigenvalue weighted by Crippen LogP contribution is -2.49. The van der Waals surface area contributed by atoms with Crippen LogP contribution in [0, 0.1) is 0 Å². The summed E-state index contributed by atoms with van der Waals surface area (Å²) < 4.78 is 2.59. The molecule has 8 heteroatoms. The van der Waals surface area contributed by atoms with Crippen LogP contribution in [0.5, 0.6) is 0 Å². The lowest BCUT2D eigenvalue weighted by atomic mass is 10.2. The van der Waals surface area contributed by atoms with E-state index in [0.717, 1.165) is 23.4 Å². The van der Waals surface area contributed by atoms with E-state index in [-0.39, 0.29) is 5.91 Å². The van der Waals surface area contributed by atoms with Crippen LogP contribution in [0.3, 0.4) is 0 Å². The molecule has 0 spiro atoms. The van der Waals surface area contributed by atoms with E-state index in [9.17, 15) is 4.79 Å². The smallest absolute Gasteiger partial charge is 0.273 e. The van der Waals surface area contributed by atoms with Gasteiger partial charge in [-0.15, -0.1) is 5.10 Å². The van der Waals surface area contributed by atoms with Crippen LogP contribution in [0.15, 0.2) is 29.0 Å². The van der Waals surface area contributed by atoms with Crippen molar-refractivity contribution in [2.75, 3.05) is 31.1 Å². The maximum absolute atomic E-state index is 12.5. The molecule has 3 heterocycles. The van der Waals surface area contributed by atoms with Crippen molar-refractivity contribution in [3.05, 3.63) is 34.7 Å². The molecule has 2 aromatic rings. The highest BCUT2D eigenvalue weighted by Gasteiger charge is 2.25. The molecule has 1 saturated heterocycles. The predicted molar refractivity (Wildman–Crippen MR) is 85.7 cm³/mol. The summed E-state index contributed by atoms with van der Waals surface area (Å²) in [5, 5.41) is 7.74. The van der Waals surface area contributed by atoms with Crippen LogP contribution in [0.4, 0.5) is 5.82 Å². The molecular weight excluding hydrogens is 348 g/mol. The second-order valence-corrected chi connectivity index (χ2v) is 5.96. The summed E-state index contributed by atoms with van der Waals surface area (Å²) in [6, 6.07) is 3.96. The van der Waals surface area contributed by atoms with Gasteiger partial charge >= 0.3 is 0 Å². The van der Waals surface area contributed by atoms with E-state index in [1.54, 1.807) is 10.9 Å². The molecule has 0 aliphatic carbocycles. The Morgan fingerprint density at radius 1 is 1.23 bits per heavy atom. The molecule has 3 rings (SSSR count). The fourth-order valence-corrected chi connectivity index (χ4v) is 2.75. The molecular formula is C14H17BrN6O. The van der Waals surface area contributed by atoms with E-state index in [2.05, 4.69) is 36.1 Å². The quantitative estimate of drug-likeness (QED) is 0.823. The zero-order valence-corrected chi connectivity index (χ0v) is 13.9. The molecule has 1 fully saturated rings. The molecule has 1 aliphatic heterocycles. The van der Waals surface area contributed by atoms with Crippen molar-refractivity contribution >= 4 is 27.7 Å². The number of pyridine rings is 1. The number of carbonyl (C=O) groups is 1. The molecule has 0 bridgehead atoms. The number of hydrogen-bond donors (Lipinski definition) is 0. The van der Waals surface area contributed by atoms with Crippen LogP contribution < -0.4 is 4.90 Å². The molecule has 0 N–H and O–H groups in total. The first-order chi connectivity index (χ1) is 10.7. The summed E-state index contributed by atoms with van der Waals surface area (Å²) in [5.41, 5.74) is 0.553. The Balaban J connectivity index is 1.64. The molecule has 22 heavy (non-hydrogen) atoms. The van der Waals surface area contributed by atoms with Crippen molar-refractivity contribution in [3.8, 4) is 0 Å². The zero-order chi connectivity index (χ0) is 15.5. The monoisotopic (exact) mass is 364 g/mol. The first kappa shape index (κ1) is 15.0. The summed E-state index contributed by atoms with van der Waals surface area (Å²) >= 11 is 3.39. The third-order valence-electron chi connectivity index (χ3n) is 3.74. The Morgan fingerprint density at radius 2 is 2.00 bits per heavy atom. The van der Waals surface area contributed by atoms with Gasteiger partial charge in [-0.3, -0.25) is 4.79 Å². The Labute approximate surface area is 137 Å². The number of aromatic nitrogens is 4. The summed E-state index contributed by atoms with van der Waals surface area (Å²) in [7, 11) is 0. The number of anilines is 1. The summed E-state index contributed by atoms with van der Waals surface area (Å²) in [4.78, 5) is 20.9. The number of amides is 1. The minimum absolute atomic E-state index is 0.00438. The number of rotatable bonds is 3. The second-order valence-electron chi connectivity index (χ2n) is 5.05. The van der Waals surface area contributed by atoms with Crippen LogP contribution in [-0.4, -0.2) is 57.0 Å². The second kappa shape index (κ2) is 6.43. The first-order valence-corrected chi connectivity index (χ1v) is 8.02. The van der Waals surface area contributed by atoms with Gasteiger partial charge in [-0.05, 0) is 35.0 Å². The van der Waals surface area contributed by atoms with Gasteiger partial charge in [0.1, 0.15) is 11.5 Å². The molecule has 0 saturated carbocycles. The SMILES string of the molecule is CCn1nncc1C(=O)N1CCN(c2ccc(Br)cn2)CC1. The summed E-state index contributed by atoms with van der Waals surface area (Å²) in [5.74, 6) is 0.936. The summed E-state index contributed by atoms with van der Waals surface area (Å²) in [6.07, 6.45) is 3.33. The van der Waals surface area contributed by atoms with Crippen LogP contribution in [-0.2, 0) is 6.54 Å². The molecule has 0 atom stereocenters. The Kier molecular flexibility index (Phi) is 4.37. The number of nitrogens with zero attached hydrogens (tertiary/aromatic N) is 6. The number of piperazine rings is 1. The maximum atomic E-state index is 12.5. The number of carbonyl (C=O) groups excluding carboxylic acids is 1. The van der Waals surface area contributed by atoms with Crippen LogP contribution in [0.2, 0.25) is 0 Å². The molecule has 1 amide bonds. The Bertz CT molecular complexity index is 648. The Hall–Kier alpha value is -1.96. The van der Waals surface area contributed by atoms with Crippen molar-refractivity contribution < 1.29 is 4.79 Å². The highest BCUT2D eigenvalue weighted by atomic mass is 79.9. The molecule has 7 nitrogen and oxygen atoms in total. The third-order valence-corrected chi connectivity index (χ3v) is 4.21. The molecule has 0 unspecified atom stereocenters. The Morgan fingerprint density at radius 3 is 2.64 bits per heavy atom.